The molecule has 0 amide bonds. The summed E-state index contributed by atoms with van der Waals surface area (Å²) < 4.78 is 18.2. The van der Waals surface area contributed by atoms with Crippen LogP contribution in [0.3, 0.4) is 0 Å². The number of hydrogen-bond acceptors (Lipinski definition) is 2. The van der Waals surface area contributed by atoms with E-state index < -0.39 is 0 Å². The number of halogens is 1. The van der Waals surface area contributed by atoms with Gasteiger partial charge in [0.05, 0.1) is 6.61 Å². The zero-order valence-corrected chi connectivity index (χ0v) is 10.8. The van der Waals surface area contributed by atoms with E-state index in [1.807, 2.05) is 0 Å². The average molecular weight is 268 g/mol. The van der Waals surface area contributed by atoms with Gasteiger partial charge in [0.25, 0.3) is 0 Å². The maximum Gasteiger partial charge on any atom is 0.193 e. The molecule has 0 saturated heterocycles. The van der Waals surface area contributed by atoms with Gasteiger partial charge < -0.3 is 4.74 Å². The number of carbonyl (C=O) groups excluding carboxylic acids is 1. The van der Waals surface area contributed by atoms with Crippen LogP contribution in [-0.2, 0) is 0 Å². The lowest BCUT2D eigenvalue weighted by molar-refractivity contribution is 0.103. The lowest BCUT2D eigenvalue weighted by Crippen LogP contribution is -2.02. The van der Waals surface area contributed by atoms with Gasteiger partial charge in [0.15, 0.2) is 5.78 Å². The molecule has 0 atom stereocenters. The molecule has 2 aromatic carbocycles. The molecule has 2 nitrogen and oxygen atoms in total. The number of hydrogen-bond donors (Lipinski definition) is 0. The molecule has 2 rings (SSSR count). The van der Waals surface area contributed by atoms with Crippen molar-refractivity contribution in [2.75, 3.05) is 6.61 Å². The average Bonchev–Trinajstić information content (AvgIpc) is 2.48. The molecular formula is C17H13FO2. The minimum absolute atomic E-state index is 0.153. The first-order chi connectivity index (χ1) is 9.70. The van der Waals surface area contributed by atoms with E-state index in [9.17, 15) is 9.18 Å². The Bertz CT molecular complexity index is 622. The minimum Gasteiger partial charge on any atom is -0.493 e. The molecule has 0 aromatic heterocycles. The van der Waals surface area contributed by atoms with Crippen molar-refractivity contribution < 1.29 is 13.9 Å². The van der Waals surface area contributed by atoms with E-state index in [1.165, 1.54) is 24.3 Å². The Labute approximate surface area is 117 Å². The fourth-order valence-electron chi connectivity index (χ4n) is 1.70. The van der Waals surface area contributed by atoms with Crippen LogP contribution in [0.5, 0.6) is 5.75 Å². The first kappa shape index (κ1) is 13.8. The van der Waals surface area contributed by atoms with Gasteiger partial charge in [-0.05, 0) is 48.5 Å². The Balaban J connectivity index is 2.07. The summed E-state index contributed by atoms with van der Waals surface area (Å²) in [4.78, 5) is 12.1. The Kier molecular flexibility index (Phi) is 4.52. The van der Waals surface area contributed by atoms with E-state index in [-0.39, 0.29) is 11.6 Å². The van der Waals surface area contributed by atoms with Gasteiger partial charge in [-0.3, -0.25) is 4.79 Å². The van der Waals surface area contributed by atoms with Crippen molar-refractivity contribution in [3.8, 4) is 18.1 Å². The van der Waals surface area contributed by atoms with Crippen LogP contribution in [0.15, 0.2) is 48.5 Å². The Morgan fingerprint density at radius 3 is 2.15 bits per heavy atom. The van der Waals surface area contributed by atoms with E-state index in [1.54, 1.807) is 24.3 Å². The predicted molar refractivity (Wildman–Crippen MR) is 75.2 cm³/mol. The fraction of sp³-hybridized carbons (Fsp3) is 0.118. The van der Waals surface area contributed by atoms with Gasteiger partial charge in [-0.1, -0.05) is 0 Å². The topological polar surface area (TPSA) is 26.3 Å². The summed E-state index contributed by atoms with van der Waals surface area (Å²) in [5.74, 6) is 2.63. The van der Waals surface area contributed by atoms with Gasteiger partial charge in [-0.15, -0.1) is 12.3 Å². The predicted octanol–water partition coefficient (Wildman–Crippen LogP) is 3.46. The Hall–Kier alpha value is -2.60. The summed E-state index contributed by atoms with van der Waals surface area (Å²) in [5.41, 5.74) is 0.980. The van der Waals surface area contributed by atoms with Crippen molar-refractivity contribution in [3.63, 3.8) is 0 Å². The third kappa shape index (κ3) is 3.46. The van der Waals surface area contributed by atoms with Gasteiger partial charge in [0.1, 0.15) is 11.6 Å². The van der Waals surface area contributed by atoms with Crippen molar-refractivity contribution in [1.82, 2.24) is 0 Å². The van der Waals surface area contributed by atoms with Gasteiger partial charge in [0.2, 0.25) is 0 Å². The van der Waals surface area contributed by atoms with Crippen molar-refractivity contribution in [2.24, 2.45) is 0 Å². The standard InChI is InChI=1S/C17H13FO2/c1-2-3-12-20-16-10-6-14(7-11-16)17(19)13-4-8-15(18)9-5-13/h1,4-11H,3,12H2. The number of carbonyl (C=O) groups is 1. The van der Waals surface area contributed by atoms with Gasteiger partial charge in [-0.2, -0.15) is 0 Å². The smallest absolute Gasteiger partial charge is 0.193 e. The van der Waals surface area contributed by atoms with Crippen molar-refractivity contribution in [3.05, 3.63) is 65.5 Å². The van der Waals surface area contributed by atoms with E-state index in [0.717, 1.165) is 0 Å². The third-order valence-electron chi connectivity index (χ3n) is 2.74. The third-order valence-corrected chi connectivity index (χ3v) is 2.74. The molecule has 0 spiro atoms. The molecule has 3 heteroatoms. The van der Waals surface area contributed by atoms with Crippen LogP contribution in [0, 0.1) is 18.2 Å². The van der Waals surface area contributed by atoms with Crippen LogP contribution in [0.2, 0.25) is 0 Å². The highest BCUT2D eigenvalue weighted by Gasteiger charge is 2.09. The van der Waals surface area contributed by atoms with Crippen LogP contribution < -0.4 is 4.74 Å². The van der Waals surface area contributed by atoms with Crippen LogP contribution >= 0.6 is 0 Å². The van der Waals surface area contributed by atoms with E-state index >= 15 is 0 Å². The van der Waals surface area contributed by atoms with Gasteiger partial charge >= 0.3 is 0 Å². The molecule has 0 aliphatic carbocycles. The Morgan fingerprint density at radius 1 is 1.05 bits per heavy atom. The molecule has 0 bridgehead atoms. The molecule has 0 saturated carbocycles. The number of ether oxygens (including phenoxy) is 1. The first-order valence-electron chi connectivity index (χ1n) is 6.17. The van der Waals surface area contributed by atoms with Crippen molar-refractivity contribution in [2.45, 2.75) is 6.42 Å². The number of ketones is 1. The number of benzene rings is 2. The molecule has 0 radical (unpaired) electrons. The zero-order valence-electron chi connectivity index (χ0n) is 10.8. The largest absolute Gasteiger partial charge is 0.493 e. The lowest BCUT2D eigenvalue weighted by Gasteiger charge is -2.05. The molecular weight excluding hydrogens is 255 g/mol. The second kappa shape index (κ2) is 6.53. The summed E-state index contributed by atoms with van der Waals surface area (Å²) in [6, 6.07) is 12.3. The monoisotopic (exact) mass is 268 g/mol. The second-order valence-electron chi connectivity index (χ2n) is 4.16. The Morgan fingerprint density at radius 2 is 1.60 bits per heavy atom. The molecule has 0 heterocycles. The van der Waals surface area contributed by atoms with Crippen molar-refractivity contribution in [1.29, 1.82) is 0 Å². The SMILES string of the molecule is C#CCCOc1ccc(C(=O)c2ccc(F)cc2)cc1. The molecule has 20 heavy (non-hydrogen) atoms. The highest BCUT2D eigenvalue weighted by molar-refractivity contribution is 6.08. The second-order valence-corrected chi connectivity index (χ2v) is 4.16. The zero-order chi connectivity index (χ0) is 14.4. The molecule has 2 aromatic rings. The van der Waals surface area contributed by atoms with Gasteiger partial charge in [0, 0.05) is 17.5 Å². The first-order valence-corrected chi connectivity index (χ1v) is 6.17. The summed E-state index contributed by atoms with van der Waals surface area (Å²) in [6.45, 7) is 0.446. The molecule has 0 aliphatic rings. The summed E-state index contributed by atoms with van der Waals surface area (Å²) in [7, 11) is 0. The summed E-state index contributed by atoms with van der Waals surface area (Å²) >= 11 is 0. The molecule has 0 N–H and O–H groups in total. The van der Waals surface area contributed by atoms with Gasteiger partial charge in [-0.25, -0.2) is 4.39 Å². The molecule has 0 aliphatic heterocycles. The highest BCUT2D eigenvalue weighted by atomic mass is 19.1. The minimum atomic E-state index is -0.362. The van der Waals surface area contributed by atoms with Crippen LogP contribution in [-0.4, -0.2) is 12.4 Å². The molecule has 0 unspecified atom stereocenters. The summed E-state index contributed by atoms with van der Waals surface area (Å²) in [5, 5.41) is 0. The normalized spacial score (nSPS) is 9.80. The number of rotatable bonds is 5. The van der Waals surface area contributed by atoms with Crippen LogP contribution in [0.1, 0.15) is 22.3 Å². The van der Waals surface area contributed by atoms with Crippen LogP contribution in [0.4, 0.5) is 4.39 Å². The highest BCUT2D eigenvalue weighted by Crippen LogP contribution is 2.16. The van der Waals surface area contributed by atoms with E-state index in [0.29, 0.717) is 29.9 Å². The quantitative estimate of drug-likeness (QED) is 0.471. The van der Waals surface area contributed by atoms with E-state index in [2.05, 4.69) is 5.92 Å². The molecule has 0 fully saturated rings. The maximum atomic E-state index is 12.8. The van der Waals surface area contributed by atoms with E-state index in [4.69, 9.17) is 11.2 Å². The maximum absolute atomic E-state index is 12.8. The number of terminal acetylenes is 1. The molecule has 100 valence electrons. The van der Waals surface area contributed by atoms with Crippen molar-refractivity contribution >= 4 is 5.78 Å². The fourth-order valence-corrected chi connectivity index (χ4v) is 1.70. The summed E-state index contributed by atoms with van der Waals surface area (Å²) in [6.07, 6.45) is 5.67. The lowest BCUT2D eigenvalue weighted by atomic mass is 10.0. The van der Waals surface area contributed by atoms with Crippen LogP contribution in [0.25, 0.3) is 0 Å².